The van der Waals surface area contributed by atoms with Crippen LogP contribution in [0.15, 0.2) is 47.4 Å². The fourth-order valence-corrected chi connectivity index (χ4v) is 5.46. The molecule has 1 N–H and O–H groups in total. The number of hydrogen-bond donors (Lipinski definition) is 1. The fraction of sp³-hybridized carbons (Fsp3) is 0.391. The Kier molecular flexibility index (Phi) is 9.84. The summed E-state index contributed by atoms with van der Waals surface area (Å²) in [6.07, 6.45) is -0.775. The van der Waals surface area contributed by atoms with E-state index in [1.54, 1.807) is 26.8 Å². The molecule has 0 heterocycles. The summed E-state index contributed by atoms with van der Waals surface area (Å²) in [6, 6.07) is 7.56. The van der Waals surface area contributed by atoms with Gasteiger partial charge in [-0.3, -0.25) is 19.7 Å². The van der Waals surface area contributed by atoms with E-state index in [2.05, 4.69) is 0 Å². The van der Waals surface area contributed by atoms with Crippen LogP contribution < -0.4 is 0 Å². The maximum atomic E-state index is 13.6. The predicted octanol–water partition coefficient (Wildman–Crippen LogP) is 4.71. The van der Waals surface area contributed by atoms with Gasteiger partial charge in [-0.2, -0.15) is 4.31 Å². The van der Waals surface area contributed by atoms with Crippen LogP contribution >= 0.6 is 23.2 Å². The number of halogens is 2. The summed E-state index contributed by atoms with van der Waals surface area (Å²) < 4.78 is 33.1. The van der Waals surface area contributed by atoms with Crippen LogP contribution in [0.5, 0.6) is 0 Å². The smallest absolute Gasteiger partial charge is 0.322 e. The molecule has 196 valence electrons. The molecule has 0 aromatic heterocycles. The molecular weight excluding hydrogens is 535 g/mol. The molecule has 0 aliphatic carbocycles. The molecule has 36 heavy (non-hydrogen) atoms. The van der Waals surface area contributed by atoms with Crippen molar-refractivity contribution in [2.45, 2.75) is 56.6 Å². The summed E-state index contributed by atoms with van der Waals surface area (Å²) in [7, 11) is -4.69. The van der Waals surface area contributed by atoms with Crippen molar-refractivity contribution in [3.8, 4) is 0 Å². The lowest BCUT2D eigenvalue weighted by atomic mass is 10.1. The molecule has 0 unspecified atom stereocenters. The summed E-state index contributed by atoms with van der Waals surface area (Å²) in [5.74, 6) is -2.23. The number of aliphatic carboxylic acids is 1. The number of ether oxygens (including phenoxy) is 1. The molecule has 1 atom stereocenters. The lowest BCUT2D eigenvalue weighted by molar-refractivity contribution is -0.387. The van der Waals surface area contributed by atoms with Crippen LogP contribution in [-0.2, 0) is 30.8 Å². The van der Waals surface area contributed by atoms with Crippen molar-refractivity contribution in [2.75, 3.05) is 6.54 Å². The van der Waals surface area contributed by atoms with Crippen LogP contribution in [0.3, 0.4) is 0 Å². The van der Waals surface area contributed by atoms with Gasteiger partial charge in [0.15, 0.2) is 4.90 Å². The highest BCUT2D eigenvalue weighted by atomic mass is 35.5. The van der Waals surface area contributed by atoms with Gasteiger partial charge in [0.05, 0.1) is 15.0 Å². The zero-order valence-electron chi connectivity index (χ0n) is 19.8. The standard InChI is InChI=1S/C23H26Cl2N2O8S/c1-23(2,3)35-21(28)11-10-19(22(29)30)26(13-12-15-8-9-16(24)17(25)14-15)36(33,34)20-7-5-4-6-18(20)27(31)32/h4-9,14,19H,10-13H2,1-3H3,(H,29,30)/t19-/m0/s1. The second-order valence-electron chi connectivity index (χ2n) is 8.82. The molecule has 0 bridgehead atoms. The van der Waals surface area contributed by atoms with Crippen molar-refractivity contribution >= 4 is 50.9 Å². The van der Waals surface area contributed by atoms with Crippen molar-refractivity contribution in [3.63, 3.8) is 0 Å². The Morgan fingerprint density at radius 3 is 2.33 bits per heavy atom. The number of carbonyl (C=O) groups excluding carboxylic acids is 1. The minimum atomic E-state index is -4.69. The van der Waals surface area contributed by atoms with E-state index in [1.807, 2.05) is 0 Å². The minimum absolute atomic E-state index is 0.0208. The largest absolute Gasteiger partial charge is 0.480 e. The van der Waals surface area contributed by atoms with Crippen molar-refractivity contribution in [3.05, 3.63) is 68.2 Å². The molecule has 13 heteroatoms. The highest BCUT2D eigenvalue weighted by molar-refractivity contribution is 7.89. The third-order valence-corrected chi connectivity index (χ3v) is 7.62. The second kappa shape index (κ2) is 12.0. The first-order chi connectivity index (χ1) is 16.6. The average Bonchev–Trinajstić information content (AvgIpc) is 2.76. The van der Waals surface area contributed by atoms with Gasteiger partial charge in [0.1, 0.15) is 11.6 Å². The highest BCUT2D eigenvalue weighted by Crippen LogP contribution is 2.30. The number of carboxylic acid groups (broad SMARTS) is 1. The summed E-state index contributed by atoms with van der Waals surface area (Å²) in [4.78, 5) is 34.4. The van der Waals surface area contributed by atoms with E-state index >= 15 is 0 Å². The highest BCUT2D eigenvalue weighted by Gasteiger charge is 2.39. The Labute approximate surface area is 219 Å². The van der Waals surface area contributed by atoms with Crippen LogP contribution in [0.25, 0.3) is 0 Å². The van der Waals surface area contributed by atoms with Gasteiger partial charge in [-0.05, 0) is 57.4 Å². The Morgan fingerprint density at radius 1 is 1.14 bits per heavy atom. The number of nitrogens with zero attached hydrogens (tertiary/aromatic N) is 2. The van der Waals surface area contributed by atoms with E-state index in [4.69, 9.17) is 27.9 Å². The summed E-state index contributed by atoms with van der Waals surface area (Å²) in [6.45, 7) is 4.56. The first-order valence-corrected chi connectivity index (χ1v) is 13.0. The van der Waals surface area contributed by atoms with Gasteiger partial charge in [0.2, 0.25) is 0 Å². The van der Waals surface area contributed by atoms with Crippen LogP contribution in [0, 0.1) is 10.1 Å². The van der Waals surface area contributed by atoms with Crippen molar-refractivity contribution in [2.24, 2.45) is 0 Å². The number of carbonyl (C=O) groups is 2. The van der Waals surface area contributed by atoms with Gasteiger partial charge in [-0.25, -0.2) is 8.42 Å². The maximum absolute atomic E-state index is 13.6. The Bertz CT molecular complexity index is 1240. The van der Waals surface area contributed by atoms with E-state index in [-0.39, 0.29) is 29.4 Å². The normalized spacial score (nSPS) is 12.8. The van der Waals surface area contributed by atoms with Gasteiger partial charge in [0.25, 0.3) is 15.7 Å². The number of nitro groups is 1. The molecule has 0 aliphatic rings. The molecule has 0 amide bonds. The maximum Gasteiger partial charge on any atom is 0.322 e. The molecule has 2 aromatic rings. The summed E-state index contributed by atoms with van der Waals surface area (Å²) in [5.41, 5.74) is -0.961. The van der Waals surface area contributed by atoms with Crippen molar-refractivity contribution < 1.29 is 32.8 Å². The zero-order chi connectivity index (χ0) is 27.3. The number of hydrogen-bond acceptors (Lipinski definition) is 7. The van der Waals surface area contributed by atoms with Crippen molar-refractivity contribution in [1.82, 2.24) is 4.31 Å². The summed E-state index contributed by atoms with van der Waals surface area (Å²) >= 11 is 12.0. The molecular formula is C23H26Cl2N2O8S. The van der Waals surface area contributed by atoms with Crippen molar-refractivity contribution in [1.29, 1.82) is 0 Å². The van der Waals surface area contributed by atoms with E-state index in [1.165, 1.54) is 24.3 Å². The van der Waals surface area contributed by atoms with Gasteiger partial charge < -0.3 is 9.84 Å². The number of carboxylic acids is 1. The van der Waals surface area contributed by atoms with E-state index in [0.29, 0.717) is 9.87 Å². The first kappa shape index (κ1) is 29.5. The Balaban J connectivity index is 2.48. The van der Waals surface area contributed by atoms with Gasteiger partial charge in [-0.1, -0.05) is 41.4 Å². The molecule has 0 spiro atoms. The summed E-state index contributed by atoms with van der Waals surface area (Å²) in [5, 5.41) is 21.9. The van der Waals surface area contributed by atoms with E-state index < -0.39 is 55.5 Å². The Morgan fingerprint density at radius 2 is 1.78 bits per heavy atom. The quantitative estimate of drug-likeness (QED) is 0.236. The van der Waals surface area contributed by atoms with E-state index in [9.17, 15) is 33.2 Å². The van der Waals surface area contributed by atoms with Gasteiger partial charge >= 0.3 is 11.9 Å². The second-order valence-corrected chi connectivity index (χ2v) is 11.5. The predicted molar refractivity (Wildman–Crippen MR) is 134 cm³/mol. The first-order valence-electron chi connectivity index (χ1n) is 10.8. The molecule has 0 saturated carbocycles. The zero-order valence-corrected chi connectivity index (χ0v) is 22.1. The number of esters is 1. The molecule has 0 saturated heterocycles. The van der Waals surface area contributed by atoms with Crippen LogP contribution in [0.1, 0.15) is 39.2 Å². The number of nitro benzene ring substituents is 1. The molecule has 0 aliphatic heterocycles. The third-order valence-electron chi connectivity index (χ3n) is 4.93. The SMILES string of the molecule is CC(C)(C)OC(=O)CC[C@@H](C(=O)O)N(CCc1ccc(Cl)c(Cl)c1)S(=O)(=O)c1ccccc1[N+](=O)[O-]. The molecule has 0 radical (unpaired) electrons. The molecule has 2 aromatic carbocycles. The topological polar surface area (TPSA) is 144 Å². The average molecular weight is 561 g/mol. The molecule has 2 rings (SSSR count). The number of sulfonamides is 1. The van der Waals surface area contributed by atoms with Crippen LogP contribution in [-0.4, -0.2) is 52.9 Å². The molecule has 0 fully saturated rings. The molecule has 10 nitrogen and oxygen atoms in total. The van der Waals surface area contributed by atoms with Crippen LogP contribution in [0.4, 0.5) is 5.69 Å². The van der Waals surface area contributed by atoms with Gasteiger partial charge in [0, 0.05) is 19.0 Å². The number of para-hydroxylation sites is 1. The Hall–Kier alpha value is -2.73. The minimum Gasteiger partial charge on any atom is -0.480 e. The third kappa shape index (κ3) is 7.89. The van der Waals surface area contributed by atoms with E-state index in [0.717, 1.165) is 12.1 Å². The van der Waals surface area contributed by atoms with Gasteiger partial charge in [-0.15, -0.1) is 0 Å². The lowest BCUT2D eigenvalue weighted by Crippen LogP contribution is -2.46. The van der Waals surface area contributed by atoms with Crippen LogP contribution in [0.2, 0.25) is 10.0 Å². The monoisotopic (exact) mass is 560 g/mol. The number of benzene rings is 2. The fourth-order valence-electron chi connectivity index (χ4n) is 3.37. The number of rotatable bonds is 11. The lowest BCUT2D eigenvalue weighted by Gasteiger charge is -2.28.